The van der Waals surface area contributed by atoms with Crippen molar-refractivity contribution in [2.24, 2.45) is 0 Å². The van der Waals surface area contributed by atoms with Gasteiger partial charge in [-0.3, -0.25) is 0 Å². The first-order chi connectivity index (χ1) is 7.50. The SMILES string of the molecule is CC1=C(C#N)C(C)[SH](n2cccc2)C1(C)C. The van der Waals surface area contributed by atoms with E-state index in [0.29, 0.717) is 5.25 Å². The summed E-state index contributed by atoms with van der Waals surface area (Å²) in [5.74, 6) is 0. The Morgan fingerprint density at radius 3 is 2.38 bits per heavy atom. The molecule has 86 valence electrons. The van der Waals surface area contributed by atoms with Gasteiger partial charge in [0.05, 0.1) is 6.07 Å². The summed E-state index contributed by atoms with van der Waals surface area (Å²) in [6.07, 6.45) is 4.25. The van der Waals surface area contributed by atoms with Crippen LogP contribution in [0.2, 0.25) is 0 Å². The van der Waals surface area contributed by atoms with E-state index in [1.54, 1.807) is 0 Å². The highest BCUT2D eigenvalue weighted by Gasteiger charge is 2.42. The standard InChI is InChI=1S/C13H18N2S/c1-10-12(9-14)11(2)16(13(10,3)4)15-7-5-6-8-15/h5-8,11,16H,1-4H3. The average molecular weight is 234 g/mol. The Kier molecular flexibility index (Phi) is 2.63. The molecule has 1 aliphatic heterocycles. The number of aromatic nitrogens is 1. The smallest absolute Gasteiger partial charge is 0.0958 e. The van der Waals surface area contributed by atoms with Gasteiger partial charge in [0, 0.05) is 28.0 Å². The van der Waals surface area contributed by atoms with E-state index in [4.69, 9.17) is 0 Å². The van der Waals surface area contributed by atoms with Crippen molar-refractivity contribution in [3.63, 3.8) is 0 Å². The van der Waals surface area contributed by atoms with E-state index in [-0.39, 0.29) is 15.8 Å². The zero-order valence-corrected chi connectivity index (χ0v) is 11.1. The van der Waals surface area contributed by atoms with Gasteiger partial charge in [0.2, 0.25) is 0 Å². The molecule has 1 aliphatic rings. The van der Waals surface area contributed by atoms with Crippen LogP contribution in [0.25, 0.3) is 0 Å². The number of rotatable bonds is 1. The molecule has 0 bridgehead atoms. The van der Waals surface area contributed by atoms with E-state index >= 15 is 0 Å². The molecule has 0 aliphatic carbocycles. The molecule has 1 aromatic rings. The van der Waals surface area contributed by atoms with Gasteiger partial charge in [-0.15, -0.1) is 0 Å². The first kappa shape index (κ1) is 11.3. The Bertz CT molecular complexity index is 463. The molecule has 2 nitrogen and oxygen atoms in total. The zero-order valence-electron chi connectivity index (χ0n) is 10.2. The van der Waals surface area contributed by atoms with Crippen LogP contribution in [0.3, 0.4) is 0 Å². The number of nitrogens with zero attached hydrogens (tertiary/aromatic N) is 2. The van der Waals surface area contributed by atoms with Crippen LogP contribution in [0.1, 0.15) is 27.7 Å². The molecule has 2 unspecified atom stereocenters. The maximum absolute atomic E-state index is 9.25. The van der Waals surface area contributed by atoms with Crippen molar-refractivity contribution in [2.75, 3.05) is 0 Å². The first-order valence-electron chi connectivity index (χ1n) is 5.54. The second kappa shape index (κ2) is 3.71. The number of hydrogen-bond donors (Lipinski definition) is 1. The Morgan fingerprint density at radius 2 is 1.94 bits per heavy atom. The van der Waals surface area contributed by atoms with Crippen molar-refractivity contribution >= 4 is 11.1 Å². The van der Waals surface area contributed by atoms with Crippen molar-refractivity contribution in [2.45, 2.75) is 37.7 Å². The monoisotopic (exact) mass is 234 g/mol. The molecule has 0 aromatic carbocycles. The van der Waals surface area contributed by atoms with Gasteiger partial charge in [0.25, 0.3) is 0 Å². The molecule has 0 N–H and O–H groups in total. The first-order valence-corrected chi connectivity index (χ1v) is 6.90. The van der Waals surface area contributed by atoms with Gasteiger partial charge in [-0.1, -0.05) is 0 Å². The lowest BCUT2D eigenvalue weighted by Gasteiger charge is -2.37. The van der Waals surface area contributed by atoms with Crippen molar-refractivity contribution < 1.29 is 0 Å². The quantitative estimate of drug-likeness (QED) is 0.742. The molecule has 0 saturated heterocycles. The number of nitriles is 1. The molecule has 2 rings (SSSR count). The van der Waals surface area contributed by atoms with E-state index in [2.05, 4.69) is 62.3 Å². The molecular formula is C13H18N2S. The third kappa shape index (κ3) is 1.41. The molecule has 2 atom stereocenters. The summed E-state index contributed by atoms with van der Waals surface area (Å²) < 4.78 is 2.42. The Labute approximate surface area is 100 Å². The molecule has 1 aromatic heterocycles. The lowest BCUT2D eigenvalue weighted by molar-refractivity contribution is 0.826. The predicted octanol–water partition coefficient (Wildman–Crippen LogP) is 3.27. The molecule has 2 heterocycles. The van der Waals surface area contributed by atoms with Gasteiger partial charge in [-0.2, -0.15) is 16.3 Å². The molecular weight excluding hydrogens is 216 g/mol. The summed E-state index contributed by atoms with van der Waals surface area (Å²) in [5.41, 5.74) is 2.26. The Hall–Kier alpha value is -1.14. The summed E-state index contributed by atoms with van der Waals surface area (Å²) in [6, 6.07) is 6.51. The molecule has 0 amide bonds. The van der Waals surface area contributed by atoms with Gasteiger partial charge >= 0.3 is 0 Å². The van der Waals surface area contributed by atoms with Crippen molar-refractivity contribution in [3.8, 4) is 6.07 Å². The normalized spacial score (nSPS) is 30.4. The third-order valence-corrected chi connectivity index (χ3v) is 6.87. The highest BCUT2D eigenvalue weighted by Crippen LogP contribution is 2.58. The Morgan fingerprint density at radius 1 is 1.38 bits per heavy atom. The molecule has 0 spiro atoms. The molecule has 0 saturated carbocycles. The fraction of sp³-hybridized carbons (Fsp3) is 0.462. The van der Waals surface area contributed by atoms with Crippen LogP contribution in [-0.4, -0.2) is 14.0 Å². The summed E-state index contributed by atoms with van der Waals surface area (Å²) in [4.78, 5) is 0. The Balaban J connectivity index is 2.50. The van der Waals surface area contributed by atoms with Crippen molar-refractivity contribution in [1.29, 1.82) is 5.26 Å². The molecule has 0 fully saturated rings. The van der Waals surface area contributed by atoms with E-state index in [1.165, 1.54) is 5.57 Å². The van der Waals surface area contributed by atoms with E-state index in [0.717, 1.165) is 5.57 Å². The minimum absolute atomic E-state index is 0.124. The lowest BCUT2D eigenvalue weighted by Crippen LogP contribution is -2.23. The maximum Gasteiger partial charge on any atom is 0.0958 e. The van der Waals surface area contributed by atoms with Crippen LogP contribution in [0, 0.1) is 11.3 Å². The van der Waals surface area contributed by atoms with Crippen LogP contribution in [0.4, 0.5) is 0 Å². The number of hydrogen-bond acceptors (Lipinski definition) is 1. The minimum Gasteiger partial charge on any atom is -0.319 e. The second-order valence-electron chi connectivity index (χ2n) is 4.79. The second-order valence-corrected chi connectivity index (χ2v) is 7.84. The molecule has 3 heteroatoms. The topological polar surface area (TPSA) is 28.7 Å². The fourth-order valence-electron chi connectivity index (χ4n) is 2.56. The van der Waals surface area contributed by atoms with Crippen LogP contribution < -0.4 is 0 Å². The highest BCUT2D eigenvalue weighted by atomic mass is 32.2. The van der Waals surface area contributed by atoms with Crippen LogP contribution in [0.15, 0.2) is 35.7 Å². The van der Waals surface area contributed by atoms with Crippen LogP contribution >= 0.6 is 11.1 Å². The third-order valence-electron chi connectivity index (χ3n) is 3.64. The minimum atomic E-state index is -0.372. The largest absolute Gasteiger partial charge is 0.319 e. The van der Waals surface area contributed by atoms with E-state index in [9.17, 15) is 5.26 Å². The molecule has 0 radical (unpaired) electrons. The van der Waals surface area contributed by atoms with Gasteiger partial charge in [0.15, 0.2) is 0 Å². The summed E-state index contributed by atoms with van der Waals surface area (Å²) >= 11 is -0.372. The highest BCUT2D eigenvalue weighted by molar-refractivity contribution is 8.18. The van der Waals surface area contributed by atoms with Gasteiger partial charge < -0.3 is 3.97 Å². The number of thiol groups is 1. The summed E-state index contributed by atoms with van der Waals surface area (Å²) in [6.45, 7) is 8.81. The van der Waals surface area contributed by atoms with Crippen LogP contribution in [0.5, 0.6) is 0 Å². The fourth-order valence-corrected chi connectivity index (χ4v) is 5.90. The zero-order chi connectivity index (χ0) is 11.9. The summed E-state index contributed by atoms with van der Waals surface area (Å²) in [7, 11) is 0. The van der Waals surface area contributed by atoms with Gasteiger partial charge in [-0.25, -0.2) is 0 Å². The van der Waals surface area contributed by atoms with Crippen molar-refractivity contribution in [1.82, 2.24) is 3.97 Å². The van der Waals surface area contributed by atoms with E-state index < -0.39 is 0 Å². The van der Waals surface area contributed by atoms with Crippen molar-refractivity contribution in [3.05, 3.63) is 35.7 Å². The van der Waals surface area contributed by atoms with E-state index in [1.807, 2.05) is 0 Å². The lowest BCUT2D eigenvalue weighted by atomic mass is 9.98. The summed E-state index contributed by atoms with van der Waals surface area (Å²) in [5, 5.41) is 9.61. The maximum atomic E-state index is 9.25. The average Bonchev–Trinajstić information content (AvgIpc) is 2.76. The van der Waals surface area contributed by atoms with Crippen LogP contribution in [-0.2, 0) is 0 Å². The molecule has 16 heavy (non-hydrogen) atoms. The van der Waals surface area contributed by atoms with Gasteiger partial charge in [0.1, 0.15) is 0 Å². The predicted molar refractivity (Wildman–Crippen MR) is 70.7 cm³/mol. The van der Waals surface area contributed by atoms with Gasteiger partial charge in [-0.05, 0) is 45.4 Å².